The number of halogens is 5. The molecule has 250 valence electrons. The standard InChI is InChI=1S/C42H17F5N6/c1-49-26-17-15-25(16-18-26)40-41(24-9-7-21(20-48)8-10-24)53-42-30(52-40)19-29(50-2)33-32(42)27-5-3-4-6-28(27)51-39(33)23-13-11-22(12-14-23)31-34(43)36(45)38(47)37(46)35(31)44/h3-19H. The van der Waals surface area contributed by atoms with Crippen LogP contribution in [0, 0.1) is 53.6 Å². The molecule has 6 aromatic carbocycles. The molecule has 0 radical (unpaired) electrons. The molecule has 0 saturated heterocycles. The first-order chi connectivity index (χ1) is 25.7. The number of aromatic nitrogens is 3. The molecule has 0 N–H and O–H groups in total. The molecule has 2 aromatic heterocycles. The highest BCUT2D eigenvalue weighted by atomic mass is 19.2. The maximum Gasteiger partial charge on any atom is 0.200 e. The van der Waals surface area contributed by atoms with Crippen molar-refractivity contribution in [3.63, 3.8) is 0 Å². The molecule has 0 aliphatic rings. The van der Waals surface area contributed by atoms with Crippen molar-refractivity contribution < 1.29 is 22.0 Å². The van der Waals surface area contributed by atoms with E-state index in [9.17, 15) is 27.2 Å². The summed E-state index contributed by atoms with van der Waals surface area (Å²) in [4.78, 5) is 22.4. The monoisotopic (exact) mass is 700 g/mol. The molecule has 0 fully saturated rings. The molecule has 0 unspecified atom stereocenters. The van der Waals surface area contributed by atoms with Gasteiger partial charge < -0.3 is 0 Å². The second kappa shape index (κ2) is 12.6. The Labute approximate surface area is 297 Å². The minimum atomic E-state index is -2.25. The number of nitrogens with zero attached hydrogens (tertiary/aromatic N) is 6. The van der Waals surface area contributed by atoms with E-state index in [1.165, 1.54) is 24.3 Å². The maximum absolute atomic E-state index is 14.7. The number of pyridine rings is 1. The highest BCUT2D eigenvalue weighted by Crippen LogP contribution is 2.44. The third-order valence-electron chi connectivity index (χ3n) is 8.92. The molecule has 2 heterocycles. The summed E-state index contributed by atoms with van der Waals surface area (Å²) in [6.07, 6.45) is 0. The van der Waals surface area contributed by atoms with Gasteiger partial charge in [0.1, 0.15) is 0 Å². The summed E-state index contributed by atoms with van der Waals surface area (Å²) >= 11 is 0. The van der Waals surface area contributed by atoms with Gasteiger partial charge in [-0.25, -0.2) is 46.6 Å². The van der Waals surface area contributed by atoms with Crippen LogP contribution in [0.5, 0.6) is 0 Å². The SMILES string of the molecule is [C-]#[N+]c1ccc(-c2nc3cc([N+]#[C-])c4c(-c5ccc(-c6c(F)c(F)c(F)c(F)c6F)cc5)nc5ccccc5c4c3nc2-c2ccc(C#N)cc2)cc1. The zero-order valence-electron chi connectivity index (χ0n) is 26.9. The molecule has 0 bridgehead atoms. The van der Waals surface area contributed by atoms with Gasteiger partial charge in [-0.1, -0.05) is 78.9 Å². The molecule has 0 saturated carbocycles. The van der Waals surface area contributed by atoms with Crippen LogP contribution in [0.4, 0.5) is 33.3 Å². The van der Waals surface area contributed by atoms with Gasteiger partial charge in [-0.2, -0.15) is 5.26 Å². The average molecular weight is 701 g/mol. The molecule has 0 aliphatic heterocycles. The Morgan fingerprint density at radius 1 is 0.528 bits per heavy atom. The largest absolute Gasteiger partial charge is 0.248 e. The van der Waals surface area contributed by atoms with Crippen LogP contribution in [0.2, 0.25) is 0 Å². The van der Waals surface area contributed by atoms with E-state index in [1.54, 1.807) is 66.7 Å². The fourth-order valence-electron chi connectivity index (χ4n) is 6.39. The lowest BCUT2D eigenvalue weighted by molar-refractivity contribution is 0.381. The smallest absolute Gasteiger partial charge is 0.200 e. The molecule has 6 nitrogen and oxygen atoms in total. The minimum Gasteiger partial charge on any atom is -0.248 e. The third kappa shape index (κ3) is 5.26. The quantitative estimate of drug-likeness (QED) is 0.0602. The van der Waals surface area contributed by atoms with Crippen molar-refractivity contribution in [3.05, 3.63) is 161 Å². The van der Waals surface area contributed by atoms with E-state index in [4.69, 9.17) is 28.1 Å². The van der Waals surface area contributed by atoms with Gasteiger partial charge in [0.25, 0.3) is 0 Å². The molecule has 11 heteroatoms. The summed E-state index contributed by atoms with van der Waals surface area (Å²) in [6, 6.07) is 30.0. The summed E-state index contributed by atoms with van der Waals surface area (Å²) in [6.45, 7) is 15.6. The topological polar surface area (TPSA) is 71.2 Å². The first kappa shape index (κ1) is 32.6. The summed E-state index contributed by atoms with van der Waals surface area (Å²) < 4.78 is 71.3. The van der Waals surface area contributed by atoms with Gasteiger partial charge in [-0.05, 0) is 41.0 Å². The molecular weight excluding hydrogens is 683 g/mol. The number of para-hydroxylation sites is 1. The van der Waals surface area contributed by atoms with Crippen LogP contribution in [0.1, 0.15) is 5.56 Å². The van der Waals surface area contributed by atoms with E-state index in [2.05, 4.69) is 15.8 Å². The van der Waals surface area contributed by atoms with Crippen LogP contribution in [-0.4, -0.2) is 15.0 Å². The van der Waals surface area contributed by atoms with Crippen molar-refractivity contribution in [2.75, 3.05) is 0 Å². The fourth-order valence-corrected chi connectivity index (χ4v) is 6.39. The van der Waals surface area contributed by atoms with Gasteiger partial charge in [0.2, 0.25) is 5.82 Å². The van der Waals surface area contributed by atoms with Crippen LogP contribution < -0.4 is 0 Å². The highest BCUT2D eigenvalue weighted by molar-refractivity contribution is 6.25. The third-order valence-corrected chi connectivity index (χ3v) is 8.92. The Hall–Kier alpha value is -7.55. The first-order valence-electron chi connectivity index (χ1n) is 15.8. The van der Waals surface area contributed by atoms with Gasteiger partial charge in [0.05, 0.1) is 64.0 Å². The van der Waals surface area contributed by atoms with Crippen LogP contribution in [-0.2, 0) is 0 Å². The van der Waals surface area contributed by atoms with Crippen LogP contribution in [0.3, 0.4) is 0 Å². The average Bonchev–Trinajstić information content (AvgIpc) is 3.21. The number of benzene rings is 6. The lowest BCUT2D eigenvalue weighted by atomic mass is 9.95. The second-order valence-electron chi connectivity index (χ2n) is 11.9. The number of rotatable bonds is 4. The van der Waals surface area contributed by atoms with Gasteiger partial charge in [0.15, 0.2) is 34.6 Å². The van der Waals surface area contributed by atoms with Gasteiger partial charge in [-0.3, -0.25) is 0 Å². The van der Waals surface area contributed by atoms with Crippen LogP contribution in [0.15, 0.2) is 103 Å². The lowest BCUT2D eigenvalue weighted by Gasteiger charge is -2.16. The van der Waals surface area contributed by atoms with Gasteiger partial charge in [-0.15, -0.1) is 0 Å². The Balaban J connectivity index is 1.43. The lowest BCUT2D eigenvalue weighted by Crippen LogP contribution is -2.04. The van der Waals surface area contributed by atoms with E-state index in [0.717, 1.165) is 0 Å². The highest BCUT2D eigenvalue weighted by Gasteiger charge is 2.27. The molecule has 0 spiro atoms. The van der Waals surface area contributed by atoms with Crippen molar-refractivity contribution in [3.8, 4) is 51.0 Å². The van der Waals surface area contributed by atoms with E-state index in [-0.39, 0.29) is 11.3 Å². The zero-order chi connectivity index (χ0) is 37.0. The first-order valence-corrected chi connectivity index (χ1v) is 15.8. The van der Waals surface area contributed by atoms with Crippen molar-refractivity contribution in [1.29, 1.82) is 5.26 Å². The maximum atomic E-state index is 14.7. The van der Waals surface area contributed by atoms with Crippen LogP contribution >= 0.6 is 0 Å². The predicted octanol–water partition coefficient (Wildman–Crippen LogP) is 11.7. The van der Waals surface area contributed by atoms with E-state index < -0.39 is 34.6 Å². The minimum absolute atomic E-state index is 0.180. The number of nitriles is 1. The van der Waals surface area contributed by atoms with Gasteiger partial charge >= 0.3 is 0 Å². The molecule has 8 rings (SSSR count). The van der Waals surface area contributed by atoms with E-state index >= 15 is 0 Å². The molecular formula is C42H17F5N6. The summed E-state index contributed by atoms with van der Waals surface area (Å²) in [5.41, 5.74) is 4.12. The molecule has 53 heavy (non-hydrogen) atoms. The Morgan fingerprint density at radius 2 is 1.06 bits per heavy atom. The zero-order valence-corrected chi connectivity index (χ0v) is 26.9. The number of fused-ring (bicyclic) bond motifs is 5. The predicted molar refractivity (Wildman–Crippen MR) is 191 cm³/mol. The molecule has 0 atom stereocenters. The second-order valence-corrected chi connectivity index (χ2v) is 11.9. The summed E-state index contributed by atoms with van der Waals surface area (Å²) in [7, 11) is 0. The number of hydrogen-bond donors (Lipinski definition) is 0. The molecule has 0 aliphatic carbocycles. The number of hydrogen-bond acceptors (Lipinski definition) is 4. The van der Waals surface area contributed by atoms with E-state index in [0.29, 0.717) is 77.7 Å². The normalized spacial score (nSPS) is 11.1. The van der Waals surface area contributed by atoms with Crippen molar-refractivity contribution >= 4 is 44.1 Å². The molecule has 8 aromatic rings. The van der Waals surface area contributed by atoms with Crippen molar-refractivity contribution in [1.82, 2.24) is 15.0 Å². The summed E-state index contributed by atoms with van der Waals surface area (Å²) in [5, 5.41) is 11.0. The Bertz CT molecular complexity index is 2930. The van der Waals surface area contributed by atoms with E-state index in [1.807, 2.05) is 12.1 Å². The van der Waals surface area contributed by atoms with Crippen molar-refractivity contribution in [2.24, 2.45) is 0 Å². The fraction of sp³-hybridized carbons (Fsp3) is 0. The molecule has 0 amide bonds. The summed E-state index contributed by atoms with van der Waals surface area (Å²) in [5.74, 6) is -10.3. The van der Waals surface area contributed by atoms with Gasteiger partial charge in [0, 0.05) is 21.7 Å². The van der Waals surface area contributed by atoms with Crippen LogP contribution in [0.25, 0.3) is 87.3 Å². The Morgan fingerprint density at radius 3 is 1.68 bits per heavy atom. The Kier molecular flexibility index (Phi) is 7.79. The van der Waals surface area contributed by atoms with Crippen molar-refractivity contribution in [2.45, 2.75) is 0 Å².